The molecule has 5 rings (SSSR count). The molecule has 0 amide bonds. The predicted octanol–water partition coefficient (Wildman–Crippen LogP) is 7.08. The predicted molar refractivity (Wildman–Crippen MR) is 149 cm³/mol. The minimum Gasteiger partial charge on any atom is -0.414 e. The van der Waals surface area contributed by atoms with Gasteiger partial charge in [-0.25, -0.2) is 4.98 Å². The van der Waals surface area contributed by atoms with Gasteiger partial charge < -0.3 is 9.74 Å². The van der Waals surface area contributed by atoms with Gasteiger partial charge in [0.15, 0.2) is 8.32 Å². The lowest BCUT2D eigenvalue weighted by Crippen LogP contribution is -2.44. The summed E-state index contributed by atoms with van der Waals surface area (Å²) in [5.41, 5.74) is 4.08. The number of nitrogens with zero attached hydrogens (tertiary/aromatic N) is 5. The molecule has 4 aromatic rings. The molecule has 36 heavy (non-hydrogen) atoms. The van der Waals surface area contributed by atoms with Gasteiger partial charge in [0, 0.05) is 48.2 Å². The van der Waals surface area contributed by atoms with E-state index in [9.17, 15) is 0 Å². The molecule has 0 atom stereocenters. The Labute approximate surface area is 215 Å². The molecule has 0 aliphatic heterocycles. The third-order valence-corrected chi connectivity index (χ3v) is 12.4. The van der Waals surface area contributed by atoms with E-state index in [2.05, 4.69) is 55.0 Å². The third kappa shape index (κ3) is 4.97. The number of nitrogens with one attached hydrogen (secondary N) is 1. The van der Waals surface area contributed by atoms with Gasteiger partial charge >= 0.3 is 0 Å². The smallest absolute Gasteiger partial charge is 0.192 e. The molecule has 3 aromatic heterocycles. The van der Waals surface area contributed by atoms with Crippen molar-refractivity contribution in [3.05, 3.63) is 55.0 Å². The second kappa shape index (κ2) is 9.48. The van der Waals surface area contributed by atoms with Crippen molar-refractivity contribution in [2.45, 2.75) is 76.7 Å². The summed E-state index contributed by atoms with van der Waals surface area (Å²) in [6.45, 7) is 11.7. The average Bonchev–Trinajstić information content (AvgIpc) is 3.42. The first-order valence-corrected chi connectivity index (χ1v) is 15.9. The van der Waals surface area contributed by atoms with Crippen LogP contribution in [0.15, 0.2) is 55.0 Å². The Morgan fingerprint density at radius 2 is 1.75 bits per heavy atom. The normalized spacial score (nSPS) is 19.1. The highest BCUT2D eigenvalue weighted by Gasteiger charge is 2.40. The number of pyridine rings is 1. The van der Waals surface area contributed by atoms with Crippen LogP contribution >= 0.6 is 0 Å². The van der Waals surface area contributed by atoms with Gasteiger partial charge in [-0.15, -0.1) is 0 Å². The maximum atomic E-state index is 6.76. The van der Waals surface area contributed by atoms with Gasteiger partial charge in [0.05, 0.1) is 17.8 Å². The molecule has 7 nitrogen and oxygen atoms in total. The molecule has 190 valence electrons. The highest BCUT2D eigenvalue weighted by molar-refractivity contribution is 6.74. The van der Waals surface area contributed by atoms with Crippen molar-refractivity contribution in [1.29, 1.82) is 0 Å². The molecule has 3 heterocycles. The average molecular weight is 503 g/mol. The van der Waals surface area contributed by atoms with E-state index >= 15 is 0 Å². The molecule has 1 aliphatic rings. The van der Waals surface area contributed by atoms with Crippen molar-refractivity contribution in [2.75, 3.05) is 5.32 Å². The fraction of sp³-hybridized carbons (Fsp3) is 0.464. The summed E-state index contributed by atoms with van der Waals surface area (Å²) in [5, 5.41) is 14.3. The van der Waals surface area contributed by atoms with E-state index in [1.807, 2.05) is 60.7 Å². The fourth-order valence-corrected chi connectivity index (χ4v) is 6.23. The molecule has 0 spiro atoms. The summed E-state index contributed by atoms with van der Waals surface area (Å²) in [6, 6.07) is 12.6. The molecule has 1 N–H and O–H groups in total. The first kappa shape index (κ1) is 24.7. The van der Waals surface area contributed by atoms with E-state index in [-0.39, 0.29) is 5.04 Å². The number of para-hydroxylation sites is 1. The lowest BCUT2D eigenvalue weighted by atomic mass is 9.93. The van der Waals surface area contributed by atoms with E-state index < -0.39 is 8.32 Å². The topological polar surface area (TPSA) is 69.8 Å². The van der Waals surface area contributed by atoms with E-state index in [1.54, 1.807) is 0 Å². The van der Waals surface area contributed by atoms with E-state index in [4.69, 9.17) is 14.5 Å². The lowest BCUT2D eigenvalue weighted by molar-refractivity contribution is 0.116. The summed E-state index contributed by atoms with van der Waals surface area (Å²) in [6.07, 6.45) is 10.5. The number of hydrogen-bond acceptors (Lipinski definition) is 5. The van der Waals surface area contributed by atoms with Gasteiger partial charge in [-0.1, -0.05) is 39.0 Å². The van der Waals surface area contributed by atoms with Gasteiger partial charge in [-0.05, 0) is 55.9 Å². The molecule has 0 unspecified atom stereocenters. The molecule has 0 radical (unpaired) electrons. The van der Waals surface area contributed by atoms with Crippen LogP contribution in [0.5, 0.6) is 0 Å². The largest absolute Gasteiger partial charge is 0.414 e. The zero-order chi connectivity index (χ0) is 25.5. The Bertz CT molecular complexity index is 1330. The first-order valence-electron chi connectivity index (χ1n) is 13.0. The monoisotopic (exact) mass is 502 g/mol. The summed E-state index contributed by atoms with van der Waals surface area (Å²) < 4.78 is 10.8. The Balaban J connectivity index is 1.44. The van der Waals surface area contributed by atoms with Gasteiger partial charge in [0.25, 0.3) is 0 Å². The maximum absolute atomic E-state index is 6.76. The second-order valence-corrected chi connectivity index (χ2v) is 16.3. The molecule has 0 saturated heterocycles. The minimum absolute atomic E-state index is 0.232. The summed E-state index contributed by atoms with van der Waals surface area (Å²) in [4.78, 5) is 4.72. The molecule has 1 fully saturated rings. The standard InChI is InChI=1S/C28H38N6OSi/c1-28(2,3)36(5,6)35-23-14-12-22(13-15-23)34-25-16-26(31-21-10-8-7-9-11-21)29-18-24(25)27(32-34)20-17-30-33(4)19-20/h7-11,16-19,22-23H,12-15H2,1-6H3,(H,29,31). The number of rotatable bonds is 6. The maximum Gasteiger partial charge on any atom is 0.192 e. The summed E-state index contributed by atoms with van der Waals surface area (Å²) in [7, 11) is 0.169. The number of aryl methyl sites for hydroxylation is 1. The number of benzene rings is 1. The molecule has 1 saturated carbocycles. The molecule has 1 aliphatic carbocycles. The van der Waals surface area contributed by atoms with Crippen LogP contribution in [-0.2, 0) is 11.5 Å². The Morgan fingerprint density at radius 3 is 2.39 bits per heavy atom. The number of anilines is 2. The SMILES string of the molecule is Cn1cc(-c2nn(C3CCC(O[Si](C)(C)C(C)(C)C)CC3)c3cc(Nc4ccccc4)ncc23)cn1. The Hall–Kier alpha value is -2.97. The van der Waals surface area contributed by atoms with Crippen LogP contribution in [0, 0.1) is 0 Å². The van der Waals surface area contributed by atoms with Gasteiger partial charge in [-0.3, -0.25) is 9.36 Å². The minimum atomic E-state index is -1.77. The number of fused-ring (bicyclic) bond motifs is 1. The zero-order valence-corrected chi connectivity index (χ0v) is 23.3. The highest BCUT2D eigenvalue weighted by atomic mass is 28.4. The van der Waals surface area contributed by atoms with Crippen molar-refractivity contribution in [3.63, 3.8) is 0 Å². The van der Waals surface area contributed by atoms with Crippen molar-refractivity contribution in [2.24, 2.45) is 7.05 Å². The van der Waals surface area contributed by atoms with E-state index in [1.165, 1.54) is 0 Å². The Morgan fingerprint density at radius 1 is 1.03 bits per heavy atom. The van der Waals surface area contributed by atoms with Crippen LogP contribution in [0.3, 0.4) is 0 Å². The van der Waals surface area contributed by atoms with Crippen molar-refractivity contribution in [3.8, 4) is 11.3 Å². The molecule has 8 heteroatoms. The van der Waals surface area contributed by atoms with Crippen LogP contribution in [0.25, 0.3) is 22.2 Å². The highest BCUT2D eigenvalue weighted by Crippen LogP contribution is 2.41. The van der Waals surface area contributed by atoms with Crippen LogP contribution in [0.4, 0.5) is 11.5 Å². The quantitative estimate of drug-likeness (QED) is 0.285. The second-order valence-electron chi connectivity index (χ2n) is 11.6. The van der Waals surface area contributed by atoms with E-state index in [0.717, 1.165) is 59.3 Å². The lowest BCUT2D eigenvalue weighted by Gasteiger charge is -2.41. The summed E-state index contributed by atoms with van der Waals surface area (Å²) >= 11 is 0. The molecule has 0 bridgehead atoms. The Kier molecular flexibility index (Phi) is 6.51. The van der Waals surface area contributed by atoms with Crippen LogP contribution in [-0.4, -0.2) is 39.0 Å². The molecular weight excluding hydrogens is 464 g/mol. The zero-order valence-electron chi connectivity index (χ0n) is 22.3. The first-order chi connectivity index (χ1) is 17.1. The fourth-order valence-electron chi connectivity index (χ4n) is 4.81. The molecular formula is C28H38N6OSi. The molecule has 1 aromatic carbocycles. The van der Waals surface area contributed by atoms with Gasteiger partial charge in [-0.2, -0.15) is 10.2 Å². The third-order valence-electron chi connectivity index (χ3n) is 7.87. The van der Waals surface area contributed by atoms with Crippen LogP contribution in [0.2, 0.25) is 18.1 Å². The van der Waals surface area contributed by atoms with Crippen LogP contribution < -0.4 is 5.32 Å². The van der Waals surface area contributed by atoms with Gasteiger partial charge in [0.2, 0.25) is 0 Å². The van der Waals surface area contributed by atoms with E-state index in [0.29, 0.717) is 12.1 Å². The summed E-state index contributed by atoms with van der Waals surface area (Å²) in [5.74, 6) is 0.822. The van der Waals surface area contributed by atoms with Crippen LogP contribution in [0.1, 0.15) is 52.5 Å². The van der Waals surface area contributed by atoms with Crippen molar-refractivity contribution < 1.29 is 4.43 Å². The van der Waals surface area contributed by atoms with Crippen molar-refractivity contribution >= 4 is 30.7 Å². The number of aromatic nitrogens is 5. The van der Waals surface area contributed by atoms with Crippen molar-refractivity contribution in [1.82, 2.24) is 24.5 Å². The number of hydrogen-bond donors (Lipinski definition) is 1. The van der Waals surface area contributed by atoms with Gasteiger partial charge in [0.1, 0.15) is 11.5 Å².